The molecular weight excluding hydrogens is 400 g/mol. The Bertz CT molecular complexity index is 1170. The van der Waals surface area contributed by atoms with Gasteiger partial charge < -0.3 is 20.1 Å². The van der Waals surface area contributed by atoms with E-state index in [0.717, 1.165) is 0 Å². The van der Waals surface area contributed by atoms with Crippen LogP contribution in [0.3, 0.4) is 0 Å². The van der Waals surface area contributed by atoms with Gasteiger partial charge in [0.05, 0.1) is 31.9 Å². The van der Waals surface area contributed by atoms with Gasteiger partial charge in [-0.1, -0.05) is 12.1 Å². The normalized spacial score (nSPS) is 10.3. The Kier molecular flexibility index (Phi) is 6.66. The number of hydrogen-bond donors (Lipinski definition) is 2. The van der Waals surface area contributed by atoms with Gasteiger partial charge in [0.1, 0.15) is 18.0 Å². The molecule has 9 heteroatoms. The molecule has 0 saturated carbocycles. The monoisotopic (exact) mass is 422 g/mol. The van der Waals surface area contributed by atoms with Crippen LogP contribution < -0.4 is 25.7 Å². The number of hydrogen-bond acceptors (Lipinski definition) is 6. The number of nitrogens with zero attached hydrogens (tertiary/aromatic N) is 2. The fraction of sp³-hybridized carbons (Fsp3) is 0.182. The maximum absolute atomic E-state index is 12.5. The molecule has 0 aliphatic heterocycles. The molecule has 0 spiro atoms. The van der Waals surface area contributed by atoms with Crippen molar-refractivity contribution in [2.45, 2.75) is 13.5 Å². The van der Waals surface area contributed by atoms with Crippen LogP contribution in [0.4, 0.5) is 11.4 Å². The average Bonchev–Trinajstić information content (AvgIpc) is 2.75. The quantitative estimate of drug-likeness (QED) is 0.605. The van der Waals surface area contributed by atoms with E-state index in [0.29, 0.717) is 34.1 Å². The highest BCUT2D eigenvalue weighted by Gasteiger charge is 2.13. The number of anilines is 2. The maximum atomic E-state index is 12.5. The summed E-state index contributed by atoms with van der Waals surface area (Å²) in [5.41, 5.74) is 1.61. The number of nitrogens with one attached hydrogen (secondary N) is 2. The van der Waals surface area contributed by atoms with Crippen LogP contribution in [0.5, 0.6) is 11.5 Å². The van der Waals surface area contributed by atoms with Crippen LogP contribution in [-0.4, -0.2) is 35.6 Å². The van der Waals surface area contributed by atoms with Crippen molar-refractivity contribution in [3.8, 4) is 22.8 Å². The third-order valence-corrected chi connectivity index (χ3v) is 4.37. The lowest BCUT2D eigenvalue weighted by atomic mass is 10.1. The zero-order valence-electron chi connectivity index (χ0n) is 17.3. The number of benzene rings is 2. The van der Waals surface area contributed by atoms with Crippen LogP contribution in [0.25, 0.3) is 11.3 Å². The first-order valence-corrected chi connectivity index (χ1v) is 9.36. The molecule has 0 radical (unpaired) electrons. The van der Waals surface area contributed by atoms with E-state index in [1.807, 2.05) is 12.1 Å². The van der Waals surface area contributed by atoms with Gasteiger partial charge in [0.25, 0.3) is 5.56 Å². The van der Waals surface area contributed by atoms with Gasteiger partial charge in [-0.3, -0.25) is 19.0 Å². The number of carbonyl (C=O) groups excluding carboxylic acids is 2. The molecule has 0 aliphatic carbocycles. The largest absolute Gasteiger partial charge is 0.496 e. The third-order valence-electron chi connectivity index (χ3n) is 4.37. The Morgan fingerprint density at radius 1 is 1.00 bits per heavy atom. The molecule has 2 N–H and O–H groups in total. The van der Waals surface area contributed by atoms with Crippen LogP contribution in [0.2, 0.25) is 0 Å². The lowest BCUT2D eigenvalue weighted by Crippen LogP contribution is -2.27. The van der Waals surface area contributed by atoms with Crippen molar-refractivity contribution >= 4 is 23.2 Å². The first-order chi connectivity index (χ1) is 14.9. The summed E-state index contributed by atoms with van der Waals surface area (Å²) in [4.78, 5) is 40.6. The van der Waals surface area contributed by atoms with E-state index < -0.39 is 5.91 Å². The Morgan fingerprint density at radius 3 is 2.42 bits per heavy atom. The predicted octanol–water partition coefficient (Wildman–Crippen LogP) is 2.52. The molecule has 0 aliphatic rings. The number of methoxy groups -OCH3 is 2. The van der Waals surface area contributed by atoms with Crippen LogP contribution in [0.15, 0.2) is 59.7 Å². The number of ether oxygens (including phenoxy) is 2. The number of aromatic nitrogens is 2. The average molecular weight is 422 g/mol. The fourth-order valence-corrected chi connectivity index (χ4v) is 2.98. The highest BCUT2D eigenvalue weighted by atomic mass is 16.5. The molecule has 1 aromatic heterocycles. The lowest BCUT2D eigenvalue weighted by molar-refractivity contribution is -0.117. The van der Waals surface area contributed by atoms with Gasteiger partial charge in [-0.15, -0.1) is 0 Å². The molecule has 0 bridgehead atoms. The van der Waals surface area contributed by atoms with Gasteiger partial charge in [0.15, 0.2) is 0 Å². The van der Waals surface area contributed by atoms with Gasteiger partial charge in [-0.2, -0.15) is 0 Å². The van der Waals surface area contributed by atoms with Crippen LogP contribution in [0, 0.1) is 0 Å². The Morgan fingerprint density at radius 2 is 1.74 bits per heavy atom. The lowest BCUT2D eigenvalue weighted by Gasteiger charge is -2.13. The second-order valence-electron chi connectivity index (χ2n) is 6.58. The standard InChI is InChI=1S/C22H22N4O5/c1-14(27)24-15-8-9-20(31-3)18(10-15)25-21(28)12-26-13-23-17(11-22(26)29)16-6-4-5-7-19(16)30-2/h4-11,13H,12H2,1-3H3,(H,24,27)(H,25,28). The predicted molar refractivity (Wildman–Crippen MR) is 116 cm³/mol. The van der Waals surface area contributed by atoms with Crippen molar-refractivity contribution in [3.63, 3.8) is 0 Å². The molecule has 3 aromatic rings. The molecular formula is C22H22N4O5. The number of amides is 2. The first kappa shape index (κ1) is 21.6. The van der Waals surface area contributed by atoms with E-state index in [9.17, 15) is 14.4 Å². The molecule has 31 heavy (non-hydrogen) atoms. The molecule has 3 rings (SSSR count). The van der Waals surface area contributed by atoms with Crippen LogP contribution >= 0.6 is 0 Å². The van der Waals surface area contributed by atoms with Gasteiger partial charge in [-0.05, 0) is 30.3 Å². The van der Waals surface area contributed by atoms with Gasteiger partial charge in [-0.25, -0.2) is 4.98 Å². The Hall–Kier alpha value is -4.14. The topological polar surface area (TPSA) is 112 Å². The van der Waals surface area contributed by atoms with Crippen LogP contribution in [-0.2, 0) is 16.1 Å². The smallest absolute Gasteiger partial charge is 0.254 e. The molecule has 160 valence electrons. The second-order valence-corrected chi connectivity index (χ2v) is 6.58. The number of para-hydroxylation sites is 1. The molecule has 9 nitrogen and oxygen atoms in total. The minimum absolute atomic E-state index is 0.241. The summed E-state index contributed by atoms with van der Waals surface area (Å²) in [7, 11) is 3.01. The molecule has 0 atom stereocenters. The minimum atomic E-state index is -0.452. The van der Waals surface area contributed by atoms with Crippen molar-refractivity contribution in [2.24, 2.45) is 0 Å². The van der Waals surface area contributed by atoms with Gasteiger partial charge in [0, 0.05) is 24.2 Å². The number of carbonyl (C=O) groups is 2. The summed E-state index contributed by atoms with van der Waals surface area (Å²) in [6.07, 6.45) is 1.31. The highest BCUT2D eigenvalue weighted by molar-refractivity contribution is 5.94. The summed E-state index contributed by atoms with van der Waals surface area (Å²) < 4.78 is 11.7. The summed E-state index contributed by atoms with van der Waals surface area (Å²) in [6, 6.07) is 13.4. The second kappa shape index (κ2) is 9.57. The van der Waals surface area contributed by atoms with Crippen LogP contribution in [0.1, 0.15) is 6.92 Å². The van der Waals surface area contributed by atoms with Gasteiger partial charge in [0.2, 0.25) is 11.8 Å². The van der Waals surface area contributed by atoms with E-state index in [1.165, 1.54) is 31.0 Å². The summed E-state index contributed by atoms with van der Waals surface area (Å²) in [6.45, 7) is 1.14. The summed E-state index contributed by atoms with van der Waals surface area (Å²) in [5.74, 6) is 0.318. The summed E-state index contributed by atoms with van der Waals surface area (Å²) in [5, 5.41) is 5.33. The molecule has 0 saturated heterocycles. The zero-order chi connectivity index (χ0) is 22.4. The zero-order valence-corrected chi connectivity index (χ0v) is 17.3. The van der Waals surface area contributed by atoms with E-state index in [-0.39, 0.29) is 18.0 Å². The first-order valence-electron chi connectivity index (χ1n) is 9.36. The van der Waals surface area contributed by atoms with Crippen molar-refractivity contribution in [1.82, 2.24) is 9.55 Å². The van der Waals surface area contributed by atoms with Crippen molar-refractivity contribution in [1.29, 1.82) is 0 Å². The van der Waals surface area contributed by atoms with E-state index in [1.54, 1.807) is 37.4 Å². The molecule has 0 unspecified atom stereocenters. The van der Waals surface area contributed by atoms with E-state index in [4.69, 9.17) is 9.47 Å². The molecule has 2 aromatic carbocycles. The van der Waals surface area contributed by atoms with E-state index in [2.05, 4.69) is 15.6 Å². The molecule has 1 heterocycles. The summed E-state index contributed by atoms with van der Waals surface area (Å²) >= 11 is 0. The SMILES string of the molecule is COc1ccc(NC(C)=O)cc1NC(=O)Cn1cnc(-c2ccccc2OC)cc1=O. The fourth-order valence-electron chi connectivity index (χ4n) is 2.98. The van der Waals surface area contributed by atoms with Crippen molar-refractivity contribution in [2.75, 3.05) is 24.9 Å². The number of rotatable bonds is 7. The van der Waals surface area contributed by atoms with Crippen molar-refractivity contribution < 1.29 is 19.1 Å². The van der Waals surface area contributed by atoms with Crippen molar-refractivity contribution in [3.05, 3.63) is 65.2 Å². The van der Waals surface area contributed by atoms with E-state index >= 15 is 0 Å². The Balaban J connectivity index is 1.78. The highest BCUT2D eigenvalue weighted by Crippen LogP contribution is 2.28. The third kappa shape index (κ3) is 5.27. The molecule has 2 amide bonds. The van der Waals surface area contributed by atoms with Gasteiger partial charge >= 0.3 is 0 Å². The minimum Gasteiger partial charge on any atom is -0.496 e. The Labute approximate surface area is 178 Å². The molecule has 0 fully saturated rings. The maximum Gasteiger partial charge on any atom is 0.254 e.